The molecule has 4 saturated carbocycles. The summed E-state index contributed by atoms with van der Waals surface area (Å²) in [4.78, 5) is 12.5. The van der Waals surface area contributed by atoms with E-state index in [2.05, 4.69) is 12.2 Å². The van der Waals surface area contributed by atoms with Crippen molar-refractivity contribution in [2.75, 3.05) is 0 Å². The second kappa shape index (κ2) is 5.26. The summed E-state index contributed by atoms with van der Waals surface area (Å²) < 4.78 is 0. The van der Waals surface area contributed by atoms with Crippen LogP contribution in [0.3, 0.4) is 0 Å². The van der Waals surface area contributed by atoms with Gasteiger partial charge in [-0.15, -0.1) is 0 Å². The number of hydrogen-bond donors (Lipinski definition) is 1. The molecule has 0 unspecified atom stereocenters. The van der Waals surface area contributed by atoms with Gasteiger partial charge in [0.15, 0.2) is 0 Å². The van der Waals surface area contributed by atoms with Crippen LogP contribution >= 0.6 is 11.6 Å². The third-order valence-electron chi connectivity index (χ3n) is 6.46. The number of amides is 1. The van der Waals surface area contributed by atoms with Crippen molar-refractivity contribution in [1.29, 1.82) is 0 Å². The van der Waals surface area contributed by atoms with Gasteiger partial charge in [-0.25, -0.2) is 0 Å². The highest BCUT2D eigenvalue weighted by atomic mass is 35.5. The molecule has 1 N–H and O–H groups in total. The van der Waals surface area contributed by atoms with E-state index in [0.29, 0.717) is 16.0 Å². The van der Waals surface area contributed by atoms with E-state index in [1.165, 1.54) is 38.5 Å². The van der Waals surface area contributed by atoms with Crippen LogP contribution in [0.4, 0.5) is 0 Å². The molecule has 1 aromatic carbocycles. The average Bonchev–Trinajstić information content (AvgIpc) is 2.46. The molecule has 4 bridgehead atoms. The molecule has 3 heteroatoms. The fourth-order valence-corrected chi connectivity index (χ4v) is 5.87. The third kappa shape index (κ3) is 2.46. The zero-order valence-electron chi connectivity index (χ0n) is 13.1. The van der Waals surface area contributed by atoms with Gasteiger partial charge in [-0.1, -0.05) is 11.6 Å². The highest BCUT2D eigenvalue weighted by Crippen LogP contribution is 2.61. The Balaban J connectivity index is 1.49. The lowest BCUT2D eigenvalue weighted by Gasteiger charge is -2.59. The zero-order valence-corrected chi connectivity index (χ0v) is 13.9. The SMILES string of the molecule is C[C@H](NC(=O)c1ccc(Cl)cc1)C12CC3CC(CC(C3)C1)C2. The van der Waals surface area contributed by atoms with Crippen molar-refractivity contribution in [3.63, 3.8) is 0 Å². The summed E-state index contributed by atoms with van der Waals surface area (Å²) in [6, 6.07) is 7.45. The van der Waals surface area contributed by atoms with Gasteiger partial charge in [0.25, 0.3) is 5.91 Å². The number of hydrogen-bond acceptors (Lipinski definition) is 1. The molecule has 0 aliphatic heterocycles. The number of halogens is 1. The maximum Gasteiger partial charge on any atom is 0.251 e. The van der Waals surface area contributed by atoms with Crippen LogP contribution in [0.25, 0.3) is 0 Å². The minimum Gasteiger partial charge on any atom is -0.349 e. The molecule has 0 spiro atoms. The van der Waals surface area contributed by atoms with Crippen molar-refractivity contribution in [2.24, 2.45) is 23.2 Å². The van der Waals surface area contributed by atoms with Gasteiger partial charge in [0, 0.05) is 16.6 Å². The molecule has 1 aromatic rings. The minimum absolute atomic E-state index is 0.0416. The Kier molecular flexibility index (Phi) is 3.48. The van der Waals surface area contributed by atoms with Crippen LogP contribution in [0, 0.1) is 23.2 Å². The van der Waals surface area contributed by atoms with Gasteiger partial charge in [-0.2, -0.15) is 0 Å². The van der Waals surface area contributed by atoms with Crippen molar-refractivity contribution in [3.8, 4) is 0 Å². The largest absolute Gasteiger partial charge is 0.349 e. The van der Waals surface area contributed by atoms with E-state index in [0.717, 1.165) is 17.8 Å². The number of carbonyl (C=O) groups is 1. The van der Waals surface area contributed by atoms with E-state index in [-0.39, 0.29) is 11.9 Å². The van der Waals surface area contributed by atoms with Crippen LogP contribution in [0.15, 0.2) is 24.3 Å². The molecule has 4 aliphatic carbocycles. The number of carbonyl (C=O) groups excluding carboxylic acids is 1. The second-order valence-electron chi connectivity index (χ2n) is 7.98. The van der Waals surface area contributed by atoms with E-state index in [9.17, 15) is 4.79 Å². The highest BCUT2D eigenvalue weighted by Gasteiger charge is 2.53. The molecular formula is C19H24ClNO. The predicted molar refractivity (Wildman–Crippen MR) is 89.0 cm³/mol. The summed E-state index contributed by atoms with van der Waals surface area (Å²) in [7, 11) is 0. The monoisotopic (exact) mass is 317 g/mol. The number of benzene rings is 1. The summed E-state index contributed by atoms with van der Waals surface area (Å²) in [5, 5.41) is 3.96. The van der Waals surface area contributed by atoms with Crippen LogP contribution in [-0.2, 0) is 0 Å². The topological polar surface area (TPSA) is 29.1 Å². The predicted octanol–water partition coefficient (Wildman–Crippen LogP) is 4.67. The first-order valence-corrected chi connectivity index (χ1v) is 8.98. The Morgan fingerprint density at radius 3 is 2.09 bits per heavy atom. The first-order valence-electron chi connectivity index (χ1n) is 8.60. The minimum atomic E-state index is 0.0416. The van der Waals surface area contributed by atoms with Crippen molar-refractivity contribution < 1.29 is 4.79 Å². The molecule has 118 valence electrons. The van der Waals surface area contributed by atoms with Crippen molar-refractivity contribution >= 4 is 17.5 Å². The van der Waals surface area contributed by atoms with Gasteiger partial charge >= 0.3 is 0 Å². The van der Waals surface area contributed by atoms with Gasteiger partial charge in [-0.05, 0) is 92.9 Å². The maximum atomic E-state index is 12.5. The molecular weight excluding hydrogens is 294 g/mol. The lowest BCUT2D eigenvalue weighted by atomic mass is 9.48. The standard InChI is InChI=1S/C19H24ClNO/c1-12(21-18(22)16-2-4-17(20)5-3-16)19-9-13-6-14(10-19)8-15(7-13)11-19/h2-5,12-15H,6-11H2,1H3,(H,21,22)/t12-,13?,14?,15?,19?/m0/s1. The van der Waals surface area contributed by atoms with E-state index in [1.807, 2.05) is 12.1 Å². The molecule has 0 heterocycles. The van der Waals surface area contributed by atoms with Crippen molar-refractivity contribution in [2.45, 2.75) is 51.5 Å². The molecule has 1 atom stereocenters. The molecule has 0 saturated heterocycles. The van der Waals surface area contributed by atoms with Crippen LogP contribution in [0.2, 0.25) is 5.02 Å². The van der Waals surface area contributed by atoms with Crippen LogP contribution < -0.4 is 5.32 Å². The Hall–Kier alpha value is -1.02. The Bertz CT molecular complexity index is 544. The average molecular weight is 318 g/mol. The Morgan fingerprint density at radius 2 is 1.59 bits per heavy atom. The normalized spacial score (nSPS) is 37.1. The molecule has 2 nitrogen and oxygen atoms in total. The molecule has 5 rings (SSSR count). The summed E-state index contributed by atoms with van der Waals surface area (Å²) >= 11 is 5.90. The fourth-order valence-electron chi connectivity index (χ4n) is 5.74. The quantitative estimate of drug-likeness (QED) is 0.862. The smallest absolute Gasteiger partial charge is 0.251 e. The van der Waals surface area contributed by atoms with Crippen LogP contribution in [-0.4, -0.2) is 11.9 Å². The van der Waals surface area contributed by atoms with E-state index < -0.39 is 0 Å². The highest BCUT2D eigenvalue weighted by molar-refractivity contribution is 6.30. The van der Waals surface area contributed by atoms with E-state index >= 15 is 0 Å². The molecule has 22 heavy (non-hydrogen) atoms. The van der Waals surface area contributed by atoms with Gasteiger partial charge in [-0.3, -0.25) is 4.79 Å². The van der Waals surface area contributed by atoms with Gasteiger partial charge in [0.2, 0.25) is 0 Å². The fraction of sp³-hybridized carbons (Fsp3) is 0.632. The first kappa shape index (κ1) is 14.6. The van der Waals surface area contributed by atoms with Crippen molar-refractivity contribution in [1.82, 2.24) is 5.32 Å². The summed E-state index contributed by atoms with van der Waals surface area (Å²) in [5.74, 6) is 2.79. The summed E-state index contributed by atoms with van der Waals surface area (Å²) in [6.45, 7) is 2.22. The van der Waals surface area contributed by atoms with E-state index in [1.54, 1.807) is 12.1 Å². The molecule has 4 fully saturated rings. The van der Waals surface area contributed by atoms with Gasteiger partial charge < -0.3 is 5.32 Å². The lowest BCUT2D eigenvalue weighted by Crippen LogP contribution is -2.55. The molecule has 4 aliphatic rings. The van der Waals surface area contributed by atoms with Gasteiger partial charge in [0.1, 0.15) is 0 Å². The Labute approximate surface area is 137 Å². The summed E-state index contributed by atoms with van der Waals surface area (Å²) in [6.07, 6.45) is 8.29. The first-order chi connectivity index (χ1) is 10.5. The zero-order chi connectivity index (χ0) is 15.3. The number of nitrogens with one attached hydrogen (secondary N) is 1. The summed E-state index contributed by atoms with van der Waals surface area (Å²) in [5.41, 5.74) is 1.07. The third-order valence-corrected chi connectivity index (χ3v) is 6.71. The molecule has 0 radical (unpaired) electrons. The Morgan fingerprint density at radius 1 is 1.09 bits per heavy atom. The molecule has 0 aromatic heterocycles. The maximum absolute atomic E-state index is 12.5. The second-order valence-corrected chi connectivity index (χ2v) is 8.42. The lowest BCUT2D eigenvalue weighted by molar-refractivity contribution is -0.0688. The van der Waals surface area contributed by atoms with Crippen LogP contribution in [0.5, 0.6) is 0 Å². The van der Waals surface area contributed by atoms with Crippen molar-refractivity contribution in [3.05, 3.63) is 34.9 Å². The number of rotatable bonds is 3. The van der Waals surface area contributed by atoms with Crippen LogP contribution in [0.1, 0.15) is 55.8 Å². The molecule has 1 amide bonds. The van der Waals surface area contributed by atoms with Gasteiger partial charge in [0.05, 0.1) is 0 Å². The van der Waals surface area contributed by atoms with E-state index in [4.69, 9.17) is 11.6 Å².